The number of amides is 1. The molecule has 1 heterocycles. The molecule has 168 valence electrons. The SMILES string of the molecule is COc1c(/C(C)=C/C(=O)Nc2ccc(F)cc2)cc2c(-c3ccc(C)cc3C)coc2c1C. The highest BCUT2D eigenvalue weighted by Crippen LogP contribution is 2.41. The molecule has 33 heavy (non-hydrogen) atoms. The van der Waals surface area contributed by atoms with Gasteiger partial charge >= 0.3 is 0 Å². The van der Waals surface area contributed by atoms with E-state index in [1.165, 1.54) is 41.5 Å². The van der Waals surface area contributed by atoms with Crippen LogP contribution in [0.1, 0.15) is 29.2 Å². The predicted molar refractivity (Wildman–Crippen MR) is 131 cm³/mol. The van der Waals surface area contributed by atoms with Crippen LogP contribution < -0.4 is 10.1 Å². The van der Waals surface area contributed by atoms with E-state index in [0.717, 1.165) is 38.8 Å². The maximum Gasteiger partial charge on any atom is 0.248 e. The van der Waals surface area contributed by atoms with Crippen LogP contribution in [-0.4, -0.2) is 13.0 Å². The third-order valence-electron chi connectivity index (χ3n) is 5.80. The summed E-state index contributed by atoms with van der Waals surface area (Å²) >= 11 is 0. The van der Waals surface area contributed by atoms with Crippen molar-refractivity contribution in [1.29, 1.82) is 0 Å². The topological polar surface area (TPSA) is 51.5 Å². The van der Waals surface area contributed by atoms with Crippen molar-refractivity contribution >= 4 is 28.1 Å². The first kappa shape index (κ1) is 22.3. The van der Waals surface area contributed by atoms with Gasteiger partial charge in [-0.3, -0.25) is 4.79 Å². The average Bonchev–Trinajstić information content (AvgIpc) is 3.19. The zero-order valence-electron chi connectivity index (χ0n) is 19.4. The van der Waals surface area contributed by atoms with Crippen molar-refractivity contribution in [2.45, 2.75) is 27.7 Å². The van der Waals surface area contributed by atoms with Crippen molar-refractivity contribution in [2.75, 3.05) is 12.4 Å². The molecule has 4 rings (SSSR count). The van der Waals surface area contributed by atoms with Crippen molar-refractivity contribution in [3.8, 4) is 16.9 Å². The van der Waals surface area contributed by atoms with E-state index < -0.39 is 0 Å². The van der Waals surface area contributed by atoms with Gasteiger partial charge in [0.05, 0.1) is 13.4 Å². The Labute approximate surface area is 192 Å². The Morgan fingerprint density at radius 3 is 2.42 bits per heavy atom. The molecule has 0 aliphatic heterocycles. The van der Waals surface area contributed by atoms with Crippen LogP contribution in [-0.2, 0) is 4.79 Å². The number of nitrogens with one attached hydrogen (secondary N) is 1. The fourth-order valence-corrected chi connectivity index (χ4v) is 4.18. The molecule has 4 nitrogen and oxygen atoms in total. The molecule has 0 bridgehead atoms. The zero-order chi connectivity index (χ0) is 23.7. The summed E-state index contributed by atoms with van der Waals surface area (Å²) in [5.41, 5.74) is 8.17. The number of carbonyl (C=O) groups is 1. The van der Waals surface area contributed by atoms with Crippen LogP contribution in [0, 0.1) is 26.6 Å². The van der Waals surface area contributed by atoms with Gasteiger partial charge in [-0.25, -0.2) is 4.39 Å². The lowest BCUT2D eigenvalue weighted by Gasteiger charge is -2.14. The maximum absolute atomic E-state index is 13.1. The molecule has 0 fully saturated rings. The fourth-order valence-electron chi connectivity index (χ4n) is 4.18. The Bertz CT molecular complexity index is 1380. The highest BCUT2D eigenvalue weighted by Gasteiger charge is 2.19. The zero-order valence-corrected chi connectivity index (χ0v) is 19.4. The first-order valence-corrected chi connectivity index (χ1v) is 10.7. The number of hydrogen-bond acceptors (Lipinski definition) is 3. The van der Waals surface area contributed by atoms with Crippen LogP contribution in [0.15, 0.2) is 65.3 Å². The first-order chi connectivity index (χ1) is 15.8. The molecule has 0 radical (unpaired) electrons. The Balaban J connectivity index is 1.78. The minimum Gasteiger partial charge on any atom is -0.496 e. The molecule has 1 amide bonds. The molecular weight excluding hydrogens is 417 g/mol. The lowest BCUT2D eigenvalue weighted by atomic mass is 9.94. The van der Waals surface area contributed by atoms with Gasteiger partial charge in [-0.05, 0) is 74.7 Å². The number of methoxy groups -OCH3 is 1. The van der Waals surface area contributed by atoms with Gasteiger partial charge in [0, 0.05) is 33.8 Å². The summed E-state index contributed by atoms with van der Waals surface area (Å²) in [6, 6.07) is 14.0. The summed E-state index contributed by atoms with van der Waals surface area (Å²) in [4.78, 5) is 12.6. The number of benzene rings is 3. The second-order valence-corrected chi connectivity index (χ2v) is 8.25. The second-order valence-electron chi connectivity index (χ2n) is 8.25. The molecule has 0 unspecified atom stereocenters. The van der Waals surface area contributed by atoms with E-state index in [-0.39, 0.29) is 11.7 Å². The standard InChI is InChI=1S/C28H26FNO3/c1-16-6-11-22(17(2)12-16)25-15-33-28-19(4)27(32-5)23(14-24(25)28)18(3)13-26(31)30-21-9-7-20(29)8-10-21/h6-15H,1-5H3,(H,30,31)/b18-13+. The molecule has 0 aliphatic carbocycles. The number of furan rings is 1. The van der Waals surface area contributed by atoms with Crippen molar-refractivity contribution in [3.05, 3.63) is 88.9 Å². The lowest BCUT2D eigenvalue weighted by molar-refractivity contribution is -0.111. The summed E-state index contributed by atoms with van der Waals surface area (Å²) in [6.07, 6.45) is 3.29. The summed E-state index contributed by atoms with van der Waals surface area (Å²) < 4.78 is 24.8. The van der Waals surface area contributed by atoms with Crippen LogP contribution in [0.3, 0.4) is 0 Å². The predicted octanol–water partition coefficient (Wildman–Crippen LogP) is 7.21. The van der Waals surface area contributed by atoms with Gasteiger partial charge in [-0.1, -0.05) is 23.8 Å². The highest BCUT2D eigenvalue weighted by molar-refractivity contribution is 6.06. The van der Waals surface area contributed by atoms with Gasteiger partial charge in [0.25, 0.3) is 0 Å². The van der Waals surface area contributed by atoms with E-state index in [9.17, 15) is 9.18 Å². The number of carbonyl (C=O) groups excluding carboxylic acids is 1. The monoisotopic (exact) mass is 443 g/mol. The maximum atomic E-state index is 13.1. The molecule has 1 N–H and O–H groups in total. The number of halogens is 1. The van der Waals surface area contributed by atoms with E-state index >= 15 is 0 Å². The first-order valence-electron chi connectivity index (χ1n) is 10.7. The van der Waals surface area contributed by atoms with E-state index in [1.54, 1.807) is 13.4 Å². The molecule has 0 spiro atoms. The van der Waals surface area contributed by atoms with Crippen LogP contribution in [0.2, 0.25) is 0 Å². The van der Waals surface area contributed by atoms with Crippen molar-refractivity contribution in [3.63, 3.8) is 0 Å². The number of aryl methyl sites for hydroxylation is 3. The summed E-state index contributed by atoms with van der Waals surface area (Å²) in [5, 5.41) is 3.72. The van der Waals surface area contributed by atoms with Crippen LogP contribution >= 0.6 is 0 Å². The normalized spacial score (nSPS) is 11.6. The number of fused-ring (bicyclic) bond motifs is 1. The molecule has 4 aromatic rings. The van der Waals surface area contributed by atoms with Crippen molar-refractivity contribution < 1.29 is 18.3 Å². The highest BCUT2D eigenvalue weighted by atomic mass is 19.1. The lowest BCUT2D eigenvalue weighted by Crippen LogP contribution is -2.08. The molecule has 0 saturated carbocycles. The number of rotatable bonds is 5. The molecule has 1 aromatic heterocycles. The molecule has 3 aromatic carbocycles. The Kier molecular flexibility index (Phi) is 6.05. The second kappa shape index (κ2) is 8.94. The van der Waals surface area contributed by atoms with E-state index in [2.05, 4.69) is 37.4 Å². The number of allylic oxidation sites excluding steroid dienone is 1. The van der Waals surface area contributed by atoms with E-state index in [1.807, 2.05) is 19.9 Å². The summed E-state index contributed by atoms with van der Waals surface area (Å²) in [7, 11) is 1.61. The van der Waals surface area contributed by atoms with Crippen LogP contribution in [0.25, 0.3) is 27.7 Å². The molecule has 0 atom stereocenters. The van der Waals surface area contributed by atoms with E-state index in [4.69, 9.17) is 9.15 Å². The van der Waals surface area contributed by atoms with Crippen LogP contribution in [0.5, 0.6) is 5.75 Å². The molecule has 0 saturated heterocycles. The molecular formula is C28H26FNO3. The molecule has 5 heteroatoms. The third kappa shape index (κ3) is 4.40. The number of hydrogen-bond donors (Lipinski definition) is 1. The Morgan fingerprint density at radius 1 is 1.03 bits per heavy atom. The Morgan fingerprint density at radius 2 is 1.76 bits per heavy atom. The molecule has 0 aliphatic rings. The summed E-state index contributed by atoms with van der Waals surface area (Å²) in [5.74, 6) is 0.000956. The quantitative estimate of drug-likeness (QED) is 0.331. The number of ether oxygens (including phenoxy) is 1. The Hall–Kier alpha value is -3.86. The van der Waals surface area contributed by atoms with Gasteiger partial charge in [0.2, 0.25) is 5.91 Å². The smallest absolute Gasteiger partial charge is 0.248 e. The van der Waals surface area contributed by atoms with E-state index in [0.29, 0.717) is 11.4 Å². The fraction of sp³-hybridized carbons (Fsp3) is 0.179. The van der Waals surface area contributed by atoms with Gasteiger partial charge in [0.15, 0.2) is 0 Å². The van der Waals surface area contributed by atoms with Gasteiger partial charge in [-0.15, -0.1) is 0 Å². The van der Waals surface area contributed by atoms with Gasteiger partial charge < -0.3 is 14.5 Å². The minimum atomic E-state index is -0.354. The largest absolute Gasteiger partial charge is 0.496 e. The average molecular weight is 444 g/mol. The summed E-state index contributed by atoms with van der Waals surface area (Å²) in [6.45, 7) is 7.97. The van der Waals surface area contributed by atoms with Gasteiger partial charge in [-0.2, -0.15) is 0 Å². The number of anilines is 1. The van der Waals surface area contributed by atoms with Gasteiger partial charge in [0.1, 0.15) is 17.1 Å². The van der Waals surface area contributed by atoms with Crippen molar-refractivity contribution in [2.24, 2.45) is 0 Å². The minimum absolute atomic E-state index is 0.305. The third-order valence-corrected chi connectivity index (χ3v) is 5.80. The van der Waals surface area contributed by atoms with Crippen LogP contribution in [0.4, 0.5) is 10.1 Å². The van der Waals surface area contributed by atoms with Crippen molar-refractivity contribution in [1.82, 2.24) is 0 Å².